The maximum atomic E-state index is 16.4. The van der Waals surface area contributed by atoms with Gasteiger partial charge in [0.15, 0.2) is 0 Å². The van der Waals surface area contributed by atoms with Gasteiger partial charge < -0.3 is 29.3 Å². The number of aromatic hydroxyl groups is 1. The van der Waals surface area contributed by atoms with Gasteiger partial charge in [-0.15, -0.1) is 0 Å². The molecule has 61 heavy (non-hydrogen) atoms. The van der Waals surface area contributed by atoms with Gasteiger partial charge in [-0.25, -0.2) is 4.39 Å². The van der Waals surface area contributed by atoms with E-state index in [-0.39, 0.29) is 53.6 Å². The number of piperidine rings is 3. The van der Waals surface area contributed by atoms with E-state index < -0.39 is 11.9 Å². The number of carbonyl (C=O) groups excluding carboxylic acids is 3. The molecule has 1 aliphatic carbocycles. The van der Waals surface area contributed by atoms with Crippen LogP contribution in [-0.4, -0.2) is 85.1 Å². The molecule has 10 nitrogen and oxygen atoms in total. The molecule has 0 aromatic heterocycles. The van der Waals surface area contributed by atoms with E-state index in [1.165, 1.54) is 5.56 Å². The third kappa shape index (κ3) is 7.11. The van der Waals surface area contributed by atoms with Gasteiger partial charge in [0.05, 0.1) is 30.0 Å². The molecule has 12 heteroatoms. The highest BCUT2D eigenvalue weighted by molar-refractivity contribution is 6.36. The summed E-state index contributed by atoms with van der Waals surface area (Å²) in [5.41, 5.74) is 6.99. The summed E-state index contributed by atoms with van der Waals surface area (Å²) in [6, 6.07) is 21.1. The highest BCUT2D eigenvalue weighted by Crippen LogP contribution is 2.53. The number of methoxy groups -OCH3 is 1. The van der Waals surface area contributed by atoms with Crippen molar-refractivity contribution in [1.82, 2.24) is 15.1 Å². The summed E-state index contributed by atoms with van der Waals surface area (Å²) < 4.78 is 28.7. The van der Waals surface area contributed by atoms with Crippen molar-refractivity contribution in [2.45, 2.75) is 87.6 Å². The number of likely N-dealkylation sites (tertiary alicyclic amines) is 1. The zero-order valence-electron chi connectivity index (χ0n) is 34.6. The minimum atomic E-state index is -0.692. The lowest BCUT2D eigenvalue weighted by Crippen LogP contribution is -2.52. The Bertz CT molecular complexity index is 2390. The van der Waals surface area contributed by atoms with Crippen LogP contribution in [0, 0.1) is 11.7 Å². The van der Waals surface area contributed by atoms with Crippen molar-refractivity contribution in [2.75, 3.05) is 51.3 Å². The summed E-state index contributed by atoms with van der Waals surface area (Å²) in [4.78, 5) is 44.2. The number of anilines is 1. The summed E-state index contributed by atoms with van der Waals surface area (Å²) >= 11 is 6.91. The van der Waals surface area contributed by atoms with E-state index in [0.717, 1.165) is 105 Å². The molecular weight excluding hydrogens is 795 g/mol. The number of aryl methyl sites for hydroxylation is 1. The van der Waals surface area contributed by atoms with Gasteiger partial charge >= 0.3 is 0 Å². The number of hydrogen-bond donors (Lipinski definition) is 2. The summed E-state index contributed by atoms with van der Waals surface area (Å²) in [5.74, 6) is 0.869. The minimum Gasteiger partial charge on any atom is -0.508 e. The highest BCUT2D eigenvalue weighted by Gasteiger charge is 2.48. The van der Waals surface area contributed by atoms with Crippen molar-refractivity contribution in [3.05, 3.63) is 117 Å². The number of rotatable bonds is 8. The van der Waals surface area contributed by atoms with Crippen LogP contribution in [0.25, 0.3) is 0 Å². The minimum absolute atomic E-state index is 0.112. The molecule has 318 valence electrons. The van der Waals surface area contributed by atoms with Gasteiger partial charge in [0.25, 0.3) is 5.91 Å². The first-order valence-corrected chi connectivity index (χ1v) is 22.3. The first kappa shape index (κ1) is 40.0. The van der Waals surface area contributed by atoms with Crippen LogP contribution in [0.15, 0.2) is 66.7 Å². The van der Waals surface area contributed by atoms with Crippen LogP contribution in [0.3, 0.4) is 0 Å². The zero-order valence-corrected chi connectivity index (χ0v) is 35.3. The summed E-state index contributed by atoms with van der Waals surface area (Å²) in [5, 5.41) is 13.0. The Kier molecular flexibility index (Phi) is 10.5. The second-order valence-electron chi connectivity index (χ2n) is 18.1. The van der Waals surface area contributed by atoms with Crippen LogP contribution < -0.4 is 19.7 Å². The third-order valence-corrected chi connectivity index (χ3v) is 15.2. The molecule has 2 N–H and O–H groups in total. The van der Waals surface area contributed by atoms with E-state index in [1.807, 2.05) is 24.3 Å². The number of phenolic OH excluding ortho intramolecular Hbond substituents is 1. The van der Waals surface area contributed by atoms with Crippen LogP contribution in [0.4, 0.5) is 10.1 Å². The number of amides is 3. The number of ether oxygens (including phenoxy) is 2. The number of benzene rings is 4. The van der Waals surface area contributed by atoms with E-state index in [9.17, 15) is 19.5 Å². The summed E-state index contributed by atoms with van der Waals surface area (Å²) in [6.45, 7) is 5.28. The second-order valence-corrected chi connectivity index (χ2v) is 18.5. The molecule has 10 rings (SSSR count). The Hall–Kier alpha value is -5.13. The molecule has 0 bridgehead atoms. The monoisotopic (exact) mass is 846 g/mol. The quantitative estimate of drug-likeness (QED) is 0.173. The fourth-order valence-electron chi connectivity index (χ4n) is 11.4. The molecule has 3 saturated heterocycles. The molecule has 4 aromatic rings. The summed E-state index contributed by atoms with van der Waals surface area (Å²) in [6.07, 6.45) is 7.18. The molecular formula is C49H52ClFN4O6. The number of hydrogen-bond acceptors (Lipinski definition) is 8. The summed E-state index contributed by atoms with van der Waals surface area (Å²) in [7, 11) is 1.67. The molecule has 3 atom stereocenters. The number of carbonyl (C=O) groups is 3. The molecule has 0 radical (unpaired) electrons. The Morgan fingerprint density at radius 2 is 1.70 bits per heavy atom. The third-order valence-electron chi connectivity index (χ3n) is 14.8. The molecule has 4 aromatic carbocycles. The Morgan fingerprint density at radius 1 is 0.918 bits per heavy atom. The maximum Gasteiger partial charge on any atom is 0.256 e. The van der Waals surface area contributed by atoms with Crippen LogP contribution in [-0.2, 0) is 28.0 Å². The Labute approximate surface area is 360 Å². The van der Waals surface area contributed by atoms with Crippen LogP contribution in [0.1, 0.15) is 107 Å². The number of nitrogens with zero attached hydrogens (tertiary/aromatic N) is 3. The van der Waals surface area contributed by atoms with Crippen molar-refractivity contribution in [3.8, 4) is 17.2 Å². The average molecular weight is 847 g/mol. The number of phenols is 1. The molecule has 0 unspecified atom stereocenters. The lowest BCUT2D eigenvalue weighted by atomic mass is 9.69. The second kappa shape index (κ2) is 16.0. The van der Waals surface area contributed by atoms with Crippen LogP contribution >= 0.6 is 11.6 Å². The van der Waals surface area contributed by atoms with E-state index in [1.54, 1.807) is 24.1 Å². The van der Waals surface area contributed by atoms with Gasteiger partial charge in [0.1, 0.15) is 29.1 Å². The number of halogens is 2. The van der Waals surface area contributed by atoms with Gasteiger partial charge in [-0.05, 0) is 129 Å². The van der Waals surface area contributed by atoms with Crippen molar-refractivity contribution >= 4 is 35.0 Å². The maximum absolute atomic E-state index is 16.4. The smallest absolute Gasteiger partial charge is 0.256 e. The van der Waals surface area contributed by atoms with Crippen LogP contribution in [0.2, 0.25) is 5.02 Å². The molecule has 0 saturated carbocycles. The molecule has 6 aliphatic rings. The molecule has 1 spiro atoms. The van der Waals surface area contributed by atoms with E-state index in [0.29, 0.717) is 46.7 Å². The van der Waals surface area contributed by atoms with Gasteiger partial charge in [-0.3, -0.25) is 19.7 Å². The zero-order chi connectivity index (χ0) is 42.0. The standard InChI is InChI=1S/C49H52ClFN4O6/c1-60-41-26-40(38(51)25-36(41)44-34(30-5-3-2-4-6-30)9-7-31-23-33(56)8-10-35(31)44)54-19-14-29(15-20-54)13-18-53-21-16-49(17-22-53)28-61-46-37(49)24-32-27-55(48(59)43(32)45(46)50)39-11-12-42(57)52-47(39)58/h2-6,8,10,23-26,29,34,39,44,56H,7,9,11-22,27-28H2,1H3,(H,52,57,58)/t34-,39+,44+/m1/s1. The predicted octanol–water partition coefficient (Wildman–Crippen LogP) is 7.85. The normalized spacial score (nSPS) is 23.7. The van der Waals surface area contributed by atoms with Gasteiger partial charge in [-0.2, -0.15) is 0 Å². The molecule has 3 fully saturated rings. The molecule has 3 amide bonds. The molecule has 5 heterocycles. The van der Waals surface area contributed by atoms with Gasteiger partial charge in [0.2, 0.25) is 11.8 Å². The fraction of sp³-hybridized carbons (Fsp3) is 0.449. The number of imide groups is 1. The fourth-order valence-corrected chi connectivity index (χ4v) is 11.8. The Morgan fingerprint density at radius 3 is 2.46 bits per heavy atom. The first-order valence-electron chi connectivity index (χ1n) is 22.0. The van der Waals surface area contributed by atoms with E-state index in [4.69, 9.17) is 21.1 Å². The van der Waals surface area contributed by atoms with E-state index >= 15 is 4.39 Å². The van der Waals surface area contributed by atoms with Crippen molar-refractivity contribution in [3.63, 3.8) is 0 Å². The van der Waals surface area contributed by atoms with E-state index in [2.05, 4.69) is 45.4 Å². The first-order chi connectivity index (χ1) is 29.6. The van der Waals surface area contributed by atoms with Gasteiger partial charge in [-0.1, -0.05) is 48.0 Å². The highest BCUT2D eigenvalue weighted by atomic mass is 35.5. The van der Waals surface area contributed by atoms with Crippen molar-refractivity contribution < 1.29 is 33.4 Å². The van der Waals surface area contributed by atoms with Crippen LogP contribution in [0.5, 0.6) is 17.2 Å². The predicted molar refractivity (Wildman–Crippen MR) is 230 cm³/mol. The number of nitrogens with one attached hydrogen (secondary N) is 1. The Balaban J connectivity index is 0.769. The molecule has 5 aliphatic heterocycles. The largest absolute Gasteiger partial charge is 0.508 e. The lowest BCUT2D eigenvalue weighted by molar-refractivity contribution is -0.136. The lowest BCUT2D eigenvalue weighted by Gasteiger charge is -2.40. The van der Waals surface area contributed by atoms with Gasteiger partial charge in [0, 0.05) is 54.6 Å². The number of fused-ring (bicyclic) bond motifs is 4. The topological polar surface area (TPSA) is 112 Å². The SMILES string of the molecule is COc1cc(N2CCC(CCN3CCC4(CC3)COc3c4cc4c(c3Cl)C(=O)N([C@H]3CCC(=O)NC3=O)C4)CC2)c(F)cc1[C@@H]1c2ccc(O)cc2CC[C@@H]1c1ccccc1. The van der Waals surface area contributed by atoms with Crippen molar-refractivity contribution in [2.24, 2.45) is 5.92 Å². The van der Waals surface area contributed by atoms with Crippen molar-refractivity contribution in [1.29, 1.82) is 0 Å². The average Bonchev–Trinajstić information content (AvgIpc) is 3.80.